The van der Waals surface area contributed by atoms with E-state index in [1.54, 1.807) is 0 Å². The lowest BCUT2D eigenvalue weighted by Gasteiger charge is -2.37. The van der Waals surface area contributed by atoms with Crippen molar-refractivity contribution in [3.05, 3.63) is 51.6 Å². The van der Waals surface area contributed by atoms with Gasteiger partial charge in [-0.3, -0.25) is 19.8 Å². The normalized spacial score (nSPS) is 18.8. The number of nitrogens with two attached hydrogens (primary N) is 1. The van der Waals surface area contributed by atoms with E-state index in [0.29, 0.717) is 6.04 Å². The number of nitro groups is 1. The molecule has 3 N–H and O–H groups in total. The van der Waals surface area contributed by atoms with Gasteiger partial charge in [0.15, 0.2) is 0 Å². The Morgan fingerprint density at radius 2 is 2.10 bits per heavy atom. The third-order valence-electron chi connectivity index (χ3n) is 5.79. The Morgan fingerprint density at radius 1 is 1.38 bits per heavy atom. The number of hydrogen-bond donors (Lipinski definition) is 2. The lowest BCUT2D eigenvalue weighted by Crippen LogP contribution is -2.47. The van der Waals surface area contributed by atoms with Crippen molar-refractivity contribution in [1.29, 1.82) is 0 Å². The minimum atomic E-state index is -0.597. The number of anilines is 1. The monoisotopic (exact) mass is 400 g/mol. The van der Waals surface area contributed by atoms with E-state index in [4.69, 9.17) is 10.5 Å². The van der Waals surface area contributed by atoms with Crippen LogP contribution >= 0.6 is 0 Å². The first-order valence-electron chi connectivity index (χ1n) is 9.93. The van der Waals surface area contributed by atoms with Crippen molar-refractivity contribution in [1.82, 2.24) is 10.2 Å². The van der Waals surface area contributed by atoms with Gasteiger partial charge in [-0.05, 0) is 32.6 Å². The summed E-state index contributed by atoms with van der Waals surface area (Å²) in [7, 11) is 1.41. The quantitative estimate of drug-likeness (QED) is 0.431. The predicted octanol–water partition coefficient (Wildman–Crippen LogP) is 3.04. The van der Waals surface area contributed by atoms with Crippen molar-refractivity contribution >= 4 is 17.3 Å². The summed E-state index contributed by atoms with van der Waals surface area (Å²) in [6, 6.07) is 2.93. The molecule has 0 saturated carbocycles. The van der Waals surface area contributed by atoms with Gasteiger partial charge in [-0.15, -0.1) is 0 Å². The molecule has 29 heavy (non-hydrogen) atoms. The van der Waals surface area contributed by atoms with Crippen LogP contribution in [0.15, 0.2) is 35.9 Å². The lowest BCUT2D eigenvalue weighted by atomic mass is 9.95. The number of carbonyl (C=O) groups excluding carboxylic acids is 1. The summed E-state index contributed by atoms with van der Waals surface area (Å²) < 4.78 is 5.20. The van der Waals surface area contributed by atoms with Gasteiger partial charge in [0.05, 0.1) is 17.6 Å². The lowest BCUT2D eigenvalue weighted by molar-refractivity contribution is -0.383. The van der Waals surface area contributed by atoms with Gasteiger partial charge in [-0.2, -0.15) is 0 Å². The summed E-state index contributed by atoms with van der Waals surface area (Å²) >= 11 is 0. The molecule has 8 nitrogen and oxygen atoms in total. The van der Waals surface area contributed by atoms with E-state index < -0.39 is 4.92 Å². The molecule has 1 amide bonds. The number of likely N-dealkylation sites (tertiary alicyclic amines) is 1. The largest absolute Gasteiger partial charge is 0.496 e. The first-order valence-corrected chi connectivity index (χ1v) is 9.93. The molecule has 1 aromatic carbocycles. The zero-order valence-electron chi connectivity index (χ0n) is 16.9. The van der Waals surface area contributed by atoms with Crippen LogP contribution in [0.2, 0.25) is 0 Å². The summed E-state index contributed by atoms with van der Waals surface area (Å²) in [5.41, 5.74) is 6.94. The Kier molecular flexibility index (Phi) is 6.53. The average molecular weight is 400 g/mol. The van der Waals surface area contributed by atoms with Crippen molar-refractivity contribution in [3.8, 4) is 5.75 Å². The Bertz CT molecular complexity index is 841. The summed E-state index contributed by atoms with van der Waals surface area (Å²) in [6.07, 6.45) is 10.4. The number of hydrogen-bond acceptors (Lipinski definition) is 6. The molecular weight excluding hydrogens is 372 g/mol. The number of benzene rings is 1. The minimum Gasteiger partial charge on any atom is -0.496 e. The van der Waals surface area contributed by atoms with E-state index >= 15 is 0 Å². The van der Waals surface area contributed by atoms with Crippen LogP contribution in [0.25, 0.3) is 0 Å². The highest BCUT2D eigenvalue weighted by molar-refractivity contribution is 5.98. The number of rotatable bonds is 6. The minimum absolute atomic E-state index is 0.0208. The third-order valence-corrected chi connectivity index (χ3v) is 5.79. The second-order valence-corrected chi connectivity index (χ2v) is 7.54. The van der Waals surface area contributed by atoms with Gasteiger partial charge in [0.25, 0.3) is 11.6 Å². The number of amides is 1. The number of ether oxygens (including phenoxy) is 1. The summed E-state index contributed by atoms with van der Waals surface area (Å²) in [4.78, 5) is 25.8. The second kappa shape index (κ2) is 9.09. The van der Waals surface area contributed by atoms with Crippen LogP contribution in [0.4, 0.5) is 11.4 Å². The van der Waals surface area contributed by atoms with Crippen molar-refractivity contribution in [2.75, 3.05) is 25.9 Å². The smallest absolute Gasteiger partial charge is 0.293 e. The predicted molar refractivity (Wildman–Crippen MR) is 112 cm³/mol. The van der Waals surface area contributed by atoms with Crippen LogP contribution in [0.1, 0.15) is 43.0 Å². The van der Waals surface area contributed by atoms with E-state index in [9.17, 15) is 14.9 Å². The van der Waals surface area contributed by atoms with Gasteiger partial charge >= 0.3 is 0 Å². The molecule has 1 atom stereocenters. The van der Waals surface area contributed by atoms with E-state index in [1.807, 2.05) is 0 Å². The van der Waals surface area contributed by atoms with Crippen molar-refractivity contribution < 1.29 is 14.5 Å². The highest BCUT2D eigenvalue weighted by Crippen LogP contribution is 2.31. The van der Waals surface area contributed by atoms with Gasteiger partial charge in [-0.1, -0.05) is 23.8 Å². The number of nitrogens with one attached hydrogen (secondary N) is 1. The number of allylic oxidation sites excluding steroid dienone is 3. The van der Waals surface area contributed by atoms with Crippen LogP contribution in [0.3, 0.4) is 0 Å². The van der Waals surface area contributed by atoms with E-state index in [0.717, 1.165) is 38.8 Å². The molecular formula is C21H28N4O4. The Labute approximate surface area is 170 Å². The van der Waals surface area contributed by atoms with E-state index in [-0.39, 0.29) is 34.6 Å². The first kappa shape index (κ1) is 20.9. The van der Waals surface area contributed by atoms with Crippen molar-refractivity contribution in [2.45, 2.75) is 44.7 Å². The third kappa shape index (κ3) is 4.76. The highest BCUT2D eigenvalue weighted by atomic mass is 16.6. The number of nitrogens with zero attached hydrogens (tertiary/aromatic N) is 2. The zero-order chi connectivity index (χ0) is 21.0. The number of piperidine rings is 1. The van der Waals surface area contributed by atoms with Crippen LogP contribution in [-0.4, -0.2) is 48.0 Å². The maximum atomic E-state index is 12.8. The Hall–Kier alpha value is -2.87. The number of carbonyl (C=O) groups is 1. The Morgan fingerprint density at radius 3 is 2.69 bits per heavy atom. The molecule has 1 heterocycles. The molecule has 0 spiro atoms. The highest BCUT2D eigenvalue weighted by Gasteiger charge is 2.27. The van der Waals surface area contributed by atoms with Crippen molar-refractivity contribution in [3.63, 3.8) is 0 Å². The molecule has 3 rings (SSSR count). The van der Waals surface area contributed by atoms with E-state index in [2.05, 4.69) is 35.4 Å². The topological polar surface area (TPSA) is 111 Å². The molecule has 156 valence electrons. The fourth-order valence-electron chi connectivity index (χ4n) is 3.99. The van der Waals surface area contributed by atoms with Gasteiger partial charge in [-0.25, -0.2) is 0 Å². The molecule has 8 heteroatoms. The van der Waals surface area contributed by atoms with Crippen LogP contribution < -0.4 is 15.8 Å². The van der Waals surface area contributed by atoms with Crippen LogP contribution in [-0.2, 0) is 0 Å². The molecule has 0 bridgehead atoms. The Balaban J connectivity index is 1.62. The molecule has 1 fully saturated rings. The standard InChI is InChI=1S/C21H28N4O4/c1-14(15-6-4-3-5-7-15)24-10-8-16(9-11-24)23-21(26)17-12-19(25(27)28)18(22)13-20(17)29-2/h3-4,6,12-14,16H,5,7-11,22H2,1-2H3,(H,23,26). The molecule has 2 aliphatic rings. The van der Waals surface area contributed by atoms with Gasteiger partial charge < -0.3 is 15.8 Å². The first-order chi connectivity index (χ1) is 13.9. The van der Waals surface area contributed by atoms with Gasteiger partial charge in [0.2, 0.25) is 0 Å². The van der Waals surface area contributed by atoms with Gasteiger partial charge in [0.1, 0.15) is 11.4 Å². The number of methoxy groups -OCH3 is 1. The van der Waals surface area contributed by atoms with Crippen molar-refractivity contribution in [2.24, 2.45) is 0 Å². The molecule has 0 radical (unpaired) electrons. The molecule has 1 unspecified atom stereocenters. The zero-order valence-corrected chi connectivity index (χ0v) is 16.9. The van der Waals surface area contributed by atoms with Crippen LogP contribution in [0.5, 0.6) is 5.75 Å². The second-order valence-electron chi connectivity index (χ2n) is 7.54. The maximum absolute atomic E-state index is 12.8. The fourth-order valence-corrected chi connectivity index (χ4v) is 3.99. The summed E-state index contributed by atoms with van der Waals surface area (Å²) in [5, 5.41) is 14.2. The average Bonchev–Trinajstić information content (AvgIpc) is 2.73. The molecule has 0 aromatic heterocycles. The maximum Gasteiger partial charge on any atom is 0.293 e. The van der Waals surface area contributed by atoms with Gasteiger partial charge in [0, 0.05) is 37.3 Å². The van der Waals surface area contributed by atoms with E-state index in [1.165, 1.54) is 24.8 Å². The van der Waals surface area contributed by atoms with Crippen LogP contribution in [0, 0.1) is 10.1 Å². The SMILES string of the molecule is COc1cc(N)c([N+](=O)[O-])cc1C(=O)NC1CCN(C(C)C2=CC=CCC2)CC1. The summed E-state index contributed by atoms with van der Waals surface area (Å²) in [5.74, 6) is -0.148. The molecule has 1 aromatic rings. The molecule has 1 aliphatic heterocycles. The molecule has 1 saturated heterocycles. The summed E-state index contributed by atoms with van der Waals surface area (Å²) in [6.45, 7) is 4.03. The fraction of sp³-hybridized carbons (Fsp3) is 0.476. The number of nitro benzene ring substituents is 1. The molecule has 1 aliphatic carbocycles. The number of nitrogen functional groups attached to an aromatic ring is 1.